The van der Waals surface area contributed by atoms with Gasteiger partial charge in [-0.3, -0.25) is 4.98 Å². The number of nitrogens with one attached hydrogen (secondary N) is 1. The number of aromatic amines is 1. The van der Waals surface area contributed by atoms with Gasteiger partial charge in [-0.1, -0.05) is 6.07 Å². The molecule has 3 aromatic heterocycles. The summed E-state index contributed by atoms with van der Waals surface area (Å²) in [4.78, 5) is 9.58. The zero-order chi connectivity index (χ0) is 11.7. The highest BCUT2D eigenvalue weighted by Gasteiger charge is 2.10. The van der Waals surface area contributed by atoms with E-state index < -0.39 is 0 Å². The van der Waals surface area contributed by atoms with E-state index in [-0.39, 0.29) is 4.84 Å². The molecule has 0 aromatic carbocycles. The first kappa shape index (κ1) is 10.3. The summed E-state index contributed by atoms with van der Waals surface area (Å²) in [5.74, 6) is 0.453. The Bertz CT molecular complexity index is 685. The standard InChI is InChI=1S/C10H6N4OS2/c16-10-14-13-8(15-10)7-5-12-9(17-7)6-3-1-2-4-11-6/h1-5H,(H,14,16). The van der Waals surface area contributed by atoms with Gasteiger partial charge in [-0.05, 0) is 24.4 Å². The highest BCUT2D eigenvalue weighted by Crippen LogP contribution is 2.29. The van der Waals surface area contributed by atoms with Crippen LogP contribution in [0.4, 0.5) is 0 Å². The minimum Gasteiger partial charge on any atom is -0.408 e. The SMILES string of the molecule is S=c1[nH]nc(-c2cnc(-c3ccccn3)s2)o1. The number of hydrogen-bond donors (Lipinski definition) is 1. The van der Waals surface area contributed by atoms with Crippen LogP contribution in [0, 0.1) is 4.84 Å². The van der Waals surface area contributed by atoms with E-state index in [1.54, 1.807) is 12.4 Å². The zero-order valence-electron chi connectivity index (χ0n) is 8.45. The first-order valence-electron chi connectivity index (χ1n) is 4.76. The fraction of sp³-hybridized carbons (Fsp3) is 0. The average Bonchev–Trinajstić information content (AvgIpc) is 2.98. The van der Waals surface area contributed by atoms with Crippen LogP contribution in [0.2, 0.25) is 0 Å². The molecule has 3 aromatic rings. The predicted octanol–water partition coefficient (Wildman–Crippen LogP) is 2.92. The Hall–Kier alpha value is -1.86. The van der Waals surface area contributed by atoms with E-state index >= 15 is 0 Å². The van der Waals surface area contributed by atoms with Gasteiger partial charge in [-0.25, -0.2) is 10.1 Å². The molecule has 5 nitrogen and oxygen atoms in total. The molecule has 0 aliphatic heterocycles. The second-order valence-electron chi connectivity index (χ2n) is 3.16. The van der Waals surface area contributed by atoms with Crippen LogP contribution >= 0.6 is 23.6 Å². The normalized spacial score (nSPS) is 10.6. The van der Waals surface area contributed by atoms with Crippen molar-refractivity contribution in [1.82, 2.24) is 20.2 Å². The third kappa shape index (κ3) is 2.02. The number of nitrogens with zero attached hydrogens (tertiary/aromatic N) is 3. The number of thiazole rings is 1. The molecule has 0 saturated carbocycles. The van der Waals surface area contributed by atoms with Crippen molar-refractivity contribution in [2.24, 2.45) is 0 Å². The van der Waals surface area contributed by atoms with Gasteiger partial charge in [0, 0.05) is 6.20 Å². The van der Waals surface area contributed by atoms with Crippen LogP contribution < -0.4 is 0 Å². The van der Waals surface area contributed by atoms with Gasteiger partial charge in [-0.15, -0.1) is 16.4 Å². The quantitative estimate of drug-likeness (QED) is 0.719. The molecule has 1 N–H and O–H groups in total. The van der Waals surface area contributed by atoms with Crippen LogP contribution in [0.3, 0.4) is 0 Å². The third-order valence-electron chi connectivity index (χ3n) is 2.04. The lowest BCUT2D eigenvalue weighted by molar-refractivity contribution is 0.553. The molecule has 0 unspecified atom stereocenters. The molecule has 0 spiro atoms. The van der Waals surface area contributed by atoms with E-state index in [2.05, 4.69) is 20.2 Å². The Morgan fingerprint density at radius 1 is 1.29 bits per heavy atom. The van der Waals surface area contributed by atoms with Crippen LogP contribution in [0.15, 0.2) is 35.0 Å². The van der Waals surface area contributed by atoms with Gasteiger partial charge in [0.1, 0.15) is 9.88 Å². The maximum atomic E-state index is 5.22. The van der Waals surface area contributed by atoms with Gasteiger partial charge >= 0.3 is 0 Å². The first-order chi connectivity index (χ1) is 8.33. The summed E-state index contributed by atoms with van der Waals surface area (Å²) < 4.78 is 5.22. The van der Waals surface area contributed by atoms with Crippen molar-refractivity contribution in [1.29, 1.82) is 0 Å². The lowest BCUT2D eigenvalue weighted by atomic mass is 10.4. The van der Waals surface area contributed by atoms with Crippen molar-refractivity contribution in [3.8, 4) is 21.5 Å². The zero-order valence-corrected chi connectivity index (χ0v) is 10.1. The lowest BCUT2D eigenvalue weighted by Crippen LogP contribution is -1.78. The minimum atomic E-state index is 0.257. The van der Waals surface area contributed by atoms with Gasteiger partial charge in [0.15, 0.2) is 0 Å². The molecule has 0 bridgehead atoms. The van der Waals surface area contributed by atoms with Crippen molar-refractivity contribution in [3.63, 3.8) is 0 Å². The summed E-state index contributed by atoms with van der Waals surface area (Å²) in [6.07, 6.45) is 3.43. The van der Waals surface area contributed by atoms with Crippen molar-refractivity contribution in [3.05, 3.63) is 35.4 Å². The van der Waals surface area contributed by atoms with E-state index in [9.17, 15) is 0 Å². The molecular formula is C10H6N4OS2. The molecule has 7 heteroatoms. The molecule has 3 heterocycles. The number of rotatable bonds is 2. The summed E-state index contributed by atoms with van der Waals surface area (Å²) in [7, 11) is 0. The molecular weight excluding hydrogens is 256 g/mol. The van der Waals surface area contributed by atoms with Crippen LogP contribution in [0.5, 0.6) is 0 Å². The molecule has 0 saturated heterocycles. The van der Waals surface area contributed by atoms with Gasteiger partial charge in [0.05, 0.1) is 11.9 Å². The minimum absolute atomic E-state index is 0.257. The van der Waals surface area contributed by atoms with Crippen molar-refractivity contribution in [2.45, 2.75) is 0 Å². The Kier molecular flexibility index (Phi) is 2.54. The molecule has 84 valence electrons. The Morgan fingerprint density at radius 3 is 2.94 bits per heavy atom. The third-order valence-corrected chi connectivity index (χ3v) is 3.22. The van der Waals surface area contributed by atoms with Crippen molar-refractivity contribution >= 4 is 23.6 Å². The summed E-state index contributed by atoms with van der Waals surface area (Å²) in [5.41, 5.74) is 0.831. The second kappa shape index (κ2) is 4.19. The topological polar surface area (TPSA) is 67.6 Å². The van der Waals surface area contributed by atoms with E-state index in [1.165, 1.54) is 11.3 Å². The summed E-state index contributed by atoms with van der Waals surface area (Å²) in [5, 5.41) is 7.35. The fourth-order valence-electron chi connectivity index (χ4n) is 1.32. The van der Waals surface area contributed by atoms with E-state index in [0.717, 1.165) is 15.6 Å². The molecule has 0 aliphatic rings. The van der Waals surface area contributed by atoms with Gasteiger partial charge in [0.2, 0.25) is 0 Å². The van der Waals surface area contributed by atoms with Crippen LogP contribution in [0.25, 0.3) is 21.5 Å². The summed E-state index contributed by atoms with van der Waals surface area (Å²) >= 11 is 6.28. The monoisotopic (exact) mass is 262 g/mol. The molecule has 17 heavy (non-hydrogen) atoms. The molecule has 0 amide bonds. The lowest BCUT2D eigenvalue weighted by Gasteiger charge is -1.91. The highest BCUT2D eigenvalue weighted by atomic mass is 32.1. The Morgan fingerprint density at radius 2 is 2.24 bits per heavy atom. The number of hydrogen-bond acceptors (Lipinski definition) is 6. The molecule has 0 aliphatic carbocycles. The van der Waals surface area contributed by atoms with Gasteiger partial charge < -0.3 is 4.42 Å². The summed E-state index contributed by atoms with van der Waals surface area (Å²) in [6.45, 7) is 0. The fourth-order valence-corrected chi connectivity index (χ4v) is 2.26. The Labute approximate surface area is 105 Å². The maximum absolute atomic E-state index is 5.22. The second-order valence-corrected chi connectivity index (χ2v) is 4.56. The molecule has 0 radical (unpaired) electrons. The molecule has 0 fully saturated rings. The Balaban J connectivity index is 2.01. The smallest absolute Gasteiger partial charge is 0.284 e. The number of aromatic nitrogens is 4. The van der Waals surface area contributed by atoms with Crippen LogP contribution in [-0.2, 0) is 0 Å². The van der Waals surface area contributed by atoms with Gasteiger partial charge in [0.25, 0.3) is 10.7 Å². The van der Waals surface area contributed by atoms with Crippen LogP contribution in [0.1, 0.15) is 0 Å². The van der Waals surface area contributed by atoms with E-state index in [0.29, 0.717) is 5.89 Å². The van der Waals surface area contributed by atoms with Crippen molar-refractivity contribution in [2.75, 3.05) is 0 Å². The average molecular weight is 262 g/mol. The van der Waals surface area contributed by atoms with Crippen molar-refractivity contribution < 1.29 is 4.42 Å². The largest absolute Gasteiger partial charge is 0.408 e. The predicted molar refractivity (Wildman–Crippen MR) is 66.0 cm³/mol. The maximum Gasteiger partial charge on any atom is 0.284 e. The van der Waals surface area contributed by atoms with Crippen LogP contribution in [-0.4, -0.2) is 20.2 Å². The van der Waals surface area contributed by atoms with E-state index in [1.807, 2.05) is 18.2 Å². The molecule has 3 rings (SSSR count). The van der Waals surface area contributed by atoms with E-state index in [4.69, 9.17) is 16.6 Å². The number of H-pyrrole nitrogens is 1. The number of pyridine rings is 1. The molecule has 0 atom stereocenters. The van der Waals surface area contributed by atoms with Gasteiger partial charge in [-0.2, -0.15) is 0 Å². The summed E-state index contributed by atoms with van der Waals surface area (Å²) in [6, 6.07) is 5.69. The first-order valence-corrected chi connectivity index (χ1v) is 5.98. The highest BCUT2D eigenvalue weighted by molar-refractivity contribution is 7.71.